The fourth-order valence-electron chi connectivity index (χ4n) is 2.71. The second kappa shape index (κ2) is 10.1. The zero-order valence-electron chi connectivity index (χ0n) is 14.5. The minimum absolute atomic E-state index is 0.185. The fraction of sp³-hybridized carbons (Fsp3) is 0.611. The highest BCUT2D eigenvalue weighted by Crippen LogP contribution is 2.24. The molecule has 0 saturated carbocycles. The number of rotatable bonds is 9. The first-order valence-corrected chi connectivity index (χ1v) is 11.1. The molecule has 1 aromatic rings. The van der Waals surface area contributed by atoms with Crippen LogP contribution < -0.4 is 0 Å². The standard InChI is InChI=1S/C18H27NO2S3/c1-18(2,19-7-9-21-10-8-19)17(20)15-3-5-16(6-4-15)24-14-13-23-12-11-22/h3-6,22H,7-14H2,1-2H3. The molecule has 0 amide bonds. The molecule has 1 fully saturated rings. The van der Waals surface area contributed by atoms with E-state index in [0.717, 1.165) is 41.7 Å². The van der Waals surface area contributed by atoms with Gasteiger partial charge in [-0.05, 0) is 31.7 Å². The normalized spacial score (nSPS) is 16.3. The van der Waals surface area contributed by atoms with E-state index < -0.39 is 5.54 Å². The fourth-order valence-corrected chi connectivity index (χ4v) is 4.80. The second-order valence-electron chi connectivity index (χ2n) is 6.20. The number of carbonyl (C=O) groups is 1. The molecule has 0 aliphatic carbocycles. The highest BCUT2D eigenvalue weighted by atomic mass is 32.2. The third kappa shape index (κ3) is 5.70. The van der Waals surface area contributed by atoms with Gasteiger partial charge in [-0.1, -0.05) is 12.1 Å². The van der Waals surface area contributed by atoms with E-state index in [0.29, 0.717) is 13.2 Å². The maximum atomic E-state index is 12.9. The Morgan fingerprint density at radius 3 is 2.46 bits per heavy atom. The third-order valence-corrected chi connectivity index (χ3v) is 6.99. The molecule has 1 aromatic carbocycles. The Morgan fingerprint density at radius 1 is 1.17 bits per heavy atom. The van der Waals surface area contributed by atoms with Gasteiger partial charge >= 0.3 is 0 Å². The van der Waals surface area contributed by atoms with Crippen LogP contribution in [0, 0.1) is 0 Å². The highest BCUT2D eigenvalue weighted by Gasteiger charge is 2.35. The van der Waals surface area contributed by atoms with Crippen LogP contribution >= 0.6 is 36.2 Å². The van der Waals surface area contributed by atoms with E-state index in [2.05, 4.69) is 29.7 Å². The number of benzene rings is 1. The SMILES string of the molecule is CC(C)(C(=O)c1ccc(SCCSCCS)cc1)N1CCOCC1. The maximum absolute atomic E-state index is 12.9. The third-order valence-electron chi connectivity index (χ3n) is 4.21. The zero-order valence-corrected chi connectivity index (χ0v) is 17.0. The average molecular weight is 386 g/mol. The van der Waals surface area contributed by atoms with Gasteiger partial charge in [0.25, 0.3) is 0 Å². The Kier molecular flexibility index (Phi) is 8.50. The van der Waals surface area contributed by atoms with Crippen LogP contribution in [0.1, 0.15) is 24.2 Å². The van der Waals surface area contributed by atoms with Gasteiger partial charge in [-0.15, -0.1) is 11.8 Å². The van der Waals surface area contributed by atoms with E-state index in [-0.39, 0.29) is 5.78 Å². The molecule has 134 valence electrons. The van der Waals surface area contributed by atoms with Crippen LogP contribution in [0.4, 0.5) is 0 Å². The summed E-state index contributed by atoms with van der Waals surface area (Å²) in [5.41, 5.74) is 0.308. The quantitative estimate of drug-likeness (QED) is 0.303. The van der Waals surface area contributed by atoms with Crippen molar-refractivity contribution in [1.29, 1.82) is 0 Å². The number of ketones is 1. The minimum atomic E-state index is -0.484. The number of thiol groups is 1. The van der Waals surface area contributed by atoms with Gasteiger partial charge in [-0.2, -0.15) is 24.4 Å². The van der Waals surface area contributed by atoms with Crippen molar-refractivity contribution in [3.63, 3.8) is 0 Å². The number of hydrogen-bond donors (Lipinski definition) is 1. The van der Waals surface area contributed by atoms with Crippen molar-refractivity contribution in [2.75, 3.05) is 49.3 Å². The molecule has 6 heteroatoms. The Bertz CT molecular complexity index is 514. The van der Waals surface area contributed by atoms with E-state index in [9.17, 15) is 4.79 Å². The minimum Gasteiger partial charge on any atom is -0.379 e. The summed E-state index contributed by atoms with van der Waals surface area (Å²) in [6.07, 6.45) is 0. The van der Waals surface area contributed by atoms with Gasteiger partial charge in [0.1, 0.15) is 0 Å². The van der Waals surface area contributed by atoms with Crippen LogP contribution in [0.25, 0.3) is 0 Å². The van der Waals surface area contributed by atoms with Crippen LogP contribution in [0.5, 0.6) is 0 Å². The molecule has 24 heavy (non-hydrogen) atoms. The predicted octanol–water partition coefficient (Wildman–Crippen LogP) is 3.74. The smallest absolute Gasteiger partial charge is 0.182 e. The molecule has 3 nitrogen and oxygen atoms in total. The molecule has 0 N–H and O–H groups in total. The zero-order chi connectivity index (χ0) is 17.4. The molecular formula is C18H27NO2S3. The largest absolute Gasteiger partial charge is 0.379 e. The van der Waals surface area contributed by atoms with Crippen molar-refractivity contribution in [1.82, 2.24) is 4.90 Å². The lowest BCUT2D eigenvalue weighted by molar-refractivity contribution is -0.00430. The molecule has 0 aromatic heterocycles. The number of hydrogen-bond acceptors (Lipinski definition) is 6. The summed E-state index contributed by atoms with van der Waals surface area (Å²) in [6.45, 7) is 7.08. The summed E-state index contributed by atoms with van der Waals surface area (Å²) >= 11 is 7.99. The van der Waals surface area contributed by atoms with Crippen LogP contribution in [0.3, 0.4) is 0 Å². The average Bonchev–Trinajstić information content (AvgIpc) is 2.62. The van der Waals surface area contributed by atoms with Gasteiger partial charge in [0.15, 0.2) is 5.78 Å². The molecule has 1 aliphatic rings. The predicted molar refractivity (Wildman–Crippen MR) is 109 cm³/mol. The topological polar surface area (TPSA) is 29.5 Å². The Morgan fingerprint density at radius 2 is 1.83 bits per heavy atom. The molecule has 1 heterocycles. The number of Topliss-reactive ketones (excluding diaryl/α,β-unsaturated/α-hetero) is 1. The Labute approximate surface area is 159 Å². The molecule has 0 unspecified atom stereocenters. The summed E-state index contributed by atoms with van der Waals surface area (Å²) in [4.78, 5) is 16.4. The number of carbonyl (C=O) groups excluding carboxylic acids is 1. The summed E-state index contributed by atoms with van der Waals surface area (Å²) in [6, 6.07) is 8.06. The van der Waals surface area contributed by atoms with Crippen LogP contribution in [0.15, 0.2) is 29.2 Å². The second-order valence-corrected chi connectivity index (χ2v) is 9.04. The molecule has 0 atom stereocenters. The molecule has 0 radical (unpaired) electrons. The van der Waals surface area contributed by atoms with Crippen LogP contribution in [-0.2, 0) is 4.74 Å². The lowest BCUT2D eigenvalue weighted by atomic mass is 9.91. The van der Waals surface area contributed by atoms with E-state index >= 15 is 0 Å². The van der Waals surface area contributed by atoms with Gasteiger partial charge in [0.05, 0.1) is 18.8 Å². The van der Waals surface area contributed by atoms with Crippen molar-refractivity contribution in [3.05, 3.63) is 29.8 Å². The first-order chi connectivity index (χ1) is 11.6. The number of thioether (sulfide) groups is 2. The molecule has 2 rings (SSSR count). The van der Waals surface area contributed by atoms with Gasteiger partial charge in [-0.3, -0.25) is 9.69 Å². The van der Waals surface area contributed by atoms with Crippen molar-refractivity contribution in [2.24, 2.45) is 0 Å². The monoisotopic (exact) mass is 385 g/mol. The Hall–Kier alpha value is -0.140. The van der Waals surface area contributed by atoms with Gasteiger partial charge in [-0.25, -0.2) is 0 Å². The molecule has 0 spiro atoms. The van der Waals surface area contributed by atoms with E-state index in [1.165, 1.54) is 4.90 Å². The van der Waals surface area contributed by atoms with Crippen LogP contribution in [0.2, 0.25) is 0 Å². The lowest BCUT2D eigenvalue weighted by Gasteiger charge is -2.39. The van der Waals surface area contributed by atoms with E-state index in [4.69, 9.17) is 4.74 Å². The molecular weight excluding hydrogens is 358 g/mol. The Balaban J connectivity index is 1.90. The number of nitrogens with zero attached hydrogens (tertiary/aromatic N) is 1. The lowest BCUT2D eigenvalue weighted by Crippen LogP contribution is -2.54. The first kappa shape index (κ1) is 20.2. The van der Waals surface area contributed by atoms with Crippen molar-refractivity contribution in [3.8, 4) is 0 Å². The molecule has 0 bridgehead atoms. The van der Waals surface area contributed by atoms with E-state index in [1.54, 1.807) is 0 Å². The van der Waals surface area contributed by atoms with Crippen LogP contribution in [-0.4, -0.2) is 65.5 Å². The van der Waals surface area contributed by atoms with Gasteiger partial charge in [0.2, 0.25) is 0 Å². The van der Waals surface area contributed by atoms with Crippen molar-refractivity contribution >= 4 is 41.9 Å². The van der Waals surface area contributed by atoms with E-state index in [1.807, 2.05) is 49.5 Å². The molecule has 1 saturated heterocycles. The van der Waals surface area contributed by atoms with Crippen molar-refractivity contribution in [2.45, 2.75) is 24.3 Å². The summed E-state index contributed by atoms with van der Waals surface area (Å²) in [7, 11) is 0. The summed E-state index contributed by atoms with van der Waals surface area (Å²) in [5.74, 6) is 4.45. The van der Waals surface area contributed by atoms with Gasteiger partial charge in [0, 0.05) is 40.8 Å². The van der Waals surface area contributed by atoms with Gasteiger partial charge < -0.3 is 4.74 Å². The highest BCUT2D eigenvalue weighted by molar-refractivity contribution is 8.03. The summed E-state index contributed by atoms with van der Waals surface area (Å²) in [5, 5.41) is 0. The first-order valence-electron chi connectivity index (χ1n) is 8.35. The van der Waals surface area contributed by atoms with Crippen molar-refractivity contribution < 1.29 is 9.53 Å². The molecule has 1 aliphatic heterocycles. The summed E-state index contributed by atoms with van der Waals surface area (Å²) < 4.78 is 5.40. The maximum Gasteiger partial charge on any atom is 0.182 e. The number of morpholine rings is 1. The number of ether oxygens (including phenoxy) is 1.